The van der Waals surface area contributed by atoms with Crippen molar-refractivity contribution in [2.24, 2.45) is 5.73 Å². The number of rotatable bonds is 4. The fraction of sp³-hybridized carbons (Fsp3) is 0.286. The summed E-state index contributed by atoms with van der Waals surface area (Å²) in [7, 11) is 0. The number of nitrogens with one attached hydrogen (secondary N) is 1. The van der Waals surface area contributed by atoms with Gasteiger partial charge in [0.1, 0.15) is 12.3 Å². The molecule has 116 valence electrons. The Labute approximate surface area is 125 Å². The Hall–Kier alpha value is -2.58. The van der Waals surface area contributed by atoms with Crippen molar-refractivity contribution in [2.75, 3.05) is 12.1 Å². The van der Waals surface area contributed by atoms with Crippen LogP contribution >= 0.6 is 0 Å². The van der Waals surface area contributed by atoms with Gasteiger partial charge in [-0.3, -0.25) is 4.79 Å². The number of ether oxygens (including phenoxy) is 2. The molecule has 0 spiro atoms. The van der Waals surface area contributed by atoms with Crippen molar-refractivity contribution >= 4 is 11.6 Å². The van der Waals surface area contributed by atoms with Crippen molar-refractivity contribution in [1.82, 2.24) is 4.98 Å². The lowest BCUT2D eigenvalue weighted by atomic mass is 10.2. The highest BCUT2D eigenvalue weighted by Gasteiger charge is 2.21. The molecule has 8 nitrogen and oxygen atoms in total. The lowest BCUT2D eigenvalue weighted by molar-refractivity contribution is 0.102. The number of carbonyl (C=O) groups is 1. The average molecular weight is 305 g/mol. The van der Waals surface area contributed by atoms with Crippen molar-refractivity contribution in [3.63, 3.8) is 0 Å². The van der Waals surface area contributed by atoms with E-state index in [4.69, 9.17) is 19.6 Å². The second-order valence-corrected chi connectivity index (χ2v) is 4.86. The molecule has 0 fully saturated rings. The number of hydrogen-bond donors (Lipinski definition) is 3. The molecular weight excluding hydrogens is 290 g/mol. The molecule has 0 radical (unpaired) electrons. The molecule has 22 heavy (non-hydrogen) atoms. The Morgan fingerprint density at radius 3 is 2.95 bits per heavy atom. The van der Waals surface area contributed by atoms with E-state index in [1.165, 1.54) is 13.2 Å². The number of carbonyl (C=O) groups excluding carboxylic acids is 1. The molecule has 0 bridgehead atoms. The number of aliphatic hydroxyl groups excluding tert-OH is 1. The minimum atomic E-state index is -0.830. The second kappa shape index (κ2) is 5.66. The maximum absolute atomic E-state index is 12.1. The van der Waals surface area contributed by atoms with E-state index in [1.54, 1.807) is 18.2 Å². The number of benzene rings is 1. The number of hydrogen-bond acceptors (Lipinski definition) is 7. The molecule has 1 aliphatic heterocycles. The Balaban J connectivity index is 1.72. The number of amides is 1. The van der Waals surface area contributed by atoms with Crippen LogP contribution in [0.3, 0.4) is 0 Å². The summed E-state index contributed by atoms with van der Waals surface area (Å²) in [5.74, 6) is 0.844. The van der Waals surface area contributed by atoms with Gasteiger partial charge in [-0.2, -0.15) is 0 Å². The van der Waals surface area contributed by atoms with E-state index >= 15 is 0 Å². The second-order valence-electron chi connectivity index (χ2n) is 4.86. The Kier molecular flexibility index (Phi) is 3.70. The number of oxazole rings is 1. The van der Waals surface area contributed by atoms with Crippen molar-refractivity contribution in [3.05, 3.63) is 36.0 Å². The first-order valence-corrected chi connectivity index (χ1v) is 6.64. The number of aromatic nitrogens is 1. The van der Waals surface area contributed by atoms with Crippen molar-refractivity contribution in [3.8, 4) is 11.5 Å². The van der Waals surface area contributed by atoms with E-state index in [2.05, 4.69) is 10.3 Å². The maximum Gasteiger partial charge on any atom is 0.277 e. The number of aliphatic hydroxyl groups is 1. The van der Waals surface area contributed by atoms with Gasteiger partial charge in [-0.25, -0.2) is 4.98 Å². The van der Waals surface area contributed by atoms with Gasteiger partial charge in [0.05, 0.1) is 6.10 Å². The molecule has 0 saturated carbocycles. The van der Waals surface area contributed by atoms with Gasteiger partial charge in [0, 0.05) is 11.8 Å². The van der Waals surface area contributed by atoms with Crippen LogP contribution in [-0.2, 0) is 0 Å². The van der Waals surface area contributed by atoms with Gasteiger partial charge < -0.3 is 30.0 Å². The normalized spacial score (nSPS) is 15.4. The van der Waals surface area contributed by atoms with Crippen LogP contribution in [0.25, 0.3) is 0 Å². The zero-order valence-electron chi connectivity index (χ0n) is 11.8. The lowest BCUT2D eigenvalue weighted by Crippen LogP contribution is -2.23. The summed E-state index contributed by atoms with van der Waals surface area (Å²) in [5, 5.41) is 12.1. The molecule has 2 unspecified atom stereocenters. The van der Waals surface area contributed by atoms with E-state index in [0.717, 1.165) is 0 Å². The highest BCUT2D eigenvalue weighted by Crippen LogP contribution is 2.34. The maximum atomic E-state index is 12.1. The minimum Gasteiger partial charge on any atom is -0.454 e. The van der Waals surface area contributed by atoms with Crippen molar-refractivity contribution < 1.29 is 23.8 Å². The van der Waals surface area contributed by atoms with Crippen LogP contribution in [0.1, 0.15) is 29.3 Å². The van der Waals surface area contributed by atoms with Crippen LogP contribution in [0.15, 0.2) is 28.9 Å². The summed E-state index contributed by atoms with van der Waals surface area (Å²) in [6, 6.07) is 4.26. The smallest absolute Gasteiger partial charge is 0.277 e. The first kappa shape index (κ1) is 14.4. The third-order valence-corrected chi connectivity index (χ3v) is 3.19. The first-order chi connectivity index (χ1) is 10.5. The molecular formula is C14H15N3O5. The zero-order valence-corrected chi connectivity index (χ0v) is 11.8. The fourth-order valence-corrected chi connectivity index (χ4v) is 1.92. The van der Waals surface area contributed by atoms with Crippen LogP contribution < -0.4 is 20.5 Å². The fourth-order valence-electron chi connectivity index (χ4n) is 1.92. The van der Waals surface area contributed by atoms with Gasteiger partial charge in [0.2, 0.25) is 12.7 Å². The zero-order chi connectivity index (χ0) is 15.7. The van der Waals surface area contributed by atoms with E-state index in [0.29, 0.717) is 17.2 Å². The van der Waals surface area contributed by atoms with Gasteiger partial charge in [-0.15, -0.1) is 0 Å². The largest absolute Gasteiger partial charge is 0.454 e. The van der Waals surface area contributed by atoms with E-state index in [-0.39, 0.29) is 18.4 Å². The molecule has 1 aromatic heterocycles. The van der Waals surface area contributed by atoms with Crippen molar-refractivity contribution in [1.29, 1.82) is 0 Å². The van der Waals surface area contributed by atoms with E-state index < -0.39 is 18.1 Å². The van der Waals surface area contributed by atoms with E-state index in [1.807, 2.05) is 0 Å². The number of nitrogens with two attached hydrogens (primary N) is 1. The van der Waals surface area contributed by atoms with Gasteiger partial charge in [0.15, 0.2) is 17.2 Å². The molecule has 1 aromatic carbocycles. The third kappa shape index (κ3) is 2.74. The summed E-state index contributed by atoms with van der Waals surface area (Å²) >= 11 is 0. The molecule has 3 rings (SSSR count). The molecule has 2 atom stereocenters. The predicted molar refractivity (Wildman–Crippen MR) is 75.6 cm³/mol. The van der Waals surface area contributed by atoms with Gasteiger partial charge in [-0.05, 0) is 19.1 Å². The molecule has 8 heteroatoms. The summed E-state index contributed by atoms with van der Waals surface area (Å²) < 4.78 is 15.6. The van der Waals surface area contributed by atoms with Crippen molar-refractivity contribution in [2.45, 2.75) is 19.1 Å². The average Bonchev–Trinajstić information content (AvgIpc) is 3.14. The number of anilines is 1. The summed E-state index contributed by atoms with van der Waals surface area (Å²) in [5.41, 5.74) is 6.31. The van der Waals surface area contributed by atoms with Crippen LogP contribution in [0, 0.1) is 0 Å². The highest BCUT2D eigenvalue weighted by molar-refractivity contribution is 6.02. The monoisotopic (exact) mass is 305 g/mol. The van der Waals surface area contributed by atoms with Crippen LogP contribution in [0.5, 0.6) is 11.5 Å². The van der Waals surface area contributed by atoms with Gasteiger partial charge in [-0.1, -0.05) is 0 Å². The summed E-state index contributed by atoms with van der Waals surface area (Å²) in [4.78, 5) is 16.1. The highest BCUT2D eigenvalue weighted by atomic mass is 16.7. The Morgan fingerprint density at radius 1 is 1.41 bits per heavy atom. The van der Waals surface area contributed by atoms with Gasteiger partial charge >= 0.3 is 0 Å². The number of nitrogens with zero attached hydrogens (tertiary/aromatic N) is 1. The first-order valence-electron chi connectivity index (χ1n) is 6.64. The molecule has 1 aliphatic rings. The standard InChI is InChI=1S/C14H15N3O5/c1-7(18)12(15)14-17-9(5-20-14)13(19)16-8-2-3-10-11(4-8)22-6-21-10/h2-5,7,12,18H,6,15H2,1H3,(H,16,19). The Bertz CT molecular complexity index is 698. The summed E-state index contributed by atoms with van der Waals surface area (Å²) in [6.45, 7) is 1.68. The molecule has 0 aliphatic carbocycles. The van der Waals surface area contributed by atoms with E-state index in [9.17, 15) is 9.90 Å². The molecule has 2 heterocycles. The van der Waals surface area contributed by atoms with Crippen LogP contribution in [0.4, 0.5) is 5.69 Å². The number of fused-ring (bicyclic) bond motifs is 1. The topological polar surface area (TPSA) is 120 Å². The van der Waals surface area contributed by atoms with Crippen LogP contribution in [-0.4, -0.2) is 28.9 Å². The minimum absolute atomic E-state index is 0.0729. The quantitative estimate of drug-likeness (QED) is 0.771. The Morgan fingerprint density at radius 2 is 2.18 bits per heavy atom. The predicted octanol–water partition coefficient (Wildman–Crippen LogP) is 1.04. The lowest BCUT2D eigenvalue weighted by Gasteiger charge is -2.09. The third-order valence-electron chi connectivity index (χ3n) is 3.19. The molecule has 4 N–H and O–H groups in total. The molecule has 0 saturated heterocycles. The summed E-state index contributed by atoms with van der Waals surface area (Å²) in [6.07, 6.45) is 0.364. The molecule has 1 amide bonds. The van der Waals surface area contributed by atoms with Crippen LogP contribution in [0.2, 0.25) is 0 Å². The van der Waals surface area contributed by atoms with Gasteiger partial charge in [0.25, 0.3) is 5.91 Å². The SMILES string of the molecule is CC(O)C(N)c1nc(C(=O)Nc2ccc3c(c2)OCO3)co1. The molecule has 2 aromatic rings.